The molecule has 1 saturated carbocycles. The normalized spacial score (nSPS) is 17.6. The van der Waals surface area contributed by atoms with Crippen molar-refractivity contribution in [3.8, 4) is 12.1 Å². The SMILES string of the molecule is N#Cc1ccc(C2(C#N)CCC2)cc1. The summed E-state index contributed by atoms with van der Waals surface area (Å²) < 4.78 is 0. The first-order valence-electron chi connectivity index (χ1n) is 4.73. The van der Waals surface area contributed by atoms with Crippen molar-refractivity contribution in [1.29, 1.82) is 10.5 Å². The third-order valence-electron chi connectivity index (χ3n) is 2.99. The van der Waals surface area contributed by atoms with Crippen molar-refractivity contribution >= 4 is 0 Å². The van der Waals surface area contributed by atoms with Crippen molar-refractivity contribution in [3.63, 3.8) is 0 Å². The van der Waals surface area contributed by atoms with Gasteiger partial charge in [0.15, 0.2) is 0 Å². The zero-order valence-electron chi connectivity index (χ0n) is 7.83. The van der Waals surface area contributed by atoms with Crippen LogP contribution in [0.15, 0.2) is 24.3 Å². The molecular formula is C12H10N2. The van der Waals surface area contributed by atoms with Gasteiger partial charge in [-0.3, -0.25) is 0 Å². The van der Waals surface area contributed by atoms with Gasteiger partial charge in [-0.05, 0) is 37.0 Å². The summed E-state index contributed by atoms with van der Waals surface area (Å²) in [5.41, 5.74) is 1.46. The van der Waals surface area contributed by atoms with Crippen LogP contribution >= 0.6 is 0 Å². The molecule has 0 spiro atoms. The minimum Gasteiger partial charge on any atom is -0.197 e. The highest BCUT2D eigenvalue weighted by Crippen LogP contribution is 2.42. The monoisotopic (exact) mass is 182 g/mol. The van der Waals surface area contributed by atoms with E-state index in [0.29, 0.717) is 5.56 Å². The number of nitriles is 2. The van der Waals surface area contributed by atoms with E-state index in [-0.39, 0.29) is 5.41 Å². The van der Waals surface area contributed by atoms with Gasteiger partial charge in [0, 0.05) is 0 Å². The summed E-state index contributed by atoms with van der Waals surface area (Å²) in [6.45, 7) is 0. The van der Waals surface area contributed by atoms with Crippen LogP contribution in [0.25, 0.3) is 0 Å². The van der Waals surface area contributed by atoms with Crippen LogP contribution in [0.4, 0.5) is 0 Å². The summed E-state index contributed by atoms with van der Waals surface area (Å²) in [5, 5.41) is 17.7. The first-order chi connectivity index (χ1) is 6.80. The average Bonchev–Trinajstić information content (AvgIpc) is 2.18. The second kappa shape index (κ2) is 3.16. The molecule has 1 aliphatic carbocycles. The van der Waals surface area contributed by atoms with Gasteiger partial charge >= 0.3 is 0 Å². The zero-order chi connectivity index (χ0) is 10.0. The van der Waals surface area contributed by atoms with E-state index in [1.165, 1.54) is 0 Å². The van der Waals surface area contributed by atoms with E-state index in [1.54, 1.807) is 12.1 Å². The standard InChI is InChI=1S/C12H10N2/c13-8-10-2-4-11(5-3-10)12(9-14)6-1-7-12/h2-5H,1,6-7H2. The Morgan fingerprint density at radius 3 is 2.07 bits per heavy atom. The Morgan fingerprint density at radius 1 is 1.07 bits per heavy atom. The Labute approximate surface area is 83.4 Å². The molecule has 0 heterocycles. The van der Waals surface area contributed by atoms with Crippen molar-refractivity contribution in [2.75, 3.05) is 0 Å². The number of nitrogens with zero attached hydrogens (tertiary/aromatic N) is 2. The minimum atomic E-state index is -0.256. The molecule has 0 radical (unpaired) electrons. The summed E-state index contributed by atoms with van der Waals surface area (Å²) in [6.07, 6.45) is 3.04. The molecule has 0 aromatic heterocycles. The zero-order valence-corrected chi connectivity index (χ0v) is 7.83. The molecule has 68 valence electrons. The fourth-order valence-corrected chi connectivity index (χ4v) is 1.86. The Morgan fingerprint density at radius 2 is 1.71 bits per heavy atom. The van der Waals surface area contributed by atoms with Crippen LogP contribution in [0.3, 0.4) is 0 Å². The highest BCUT2D eigenvalue weighted by molar-refractivity contribution is 5.39. The number of rotatable bonds is 1. The Kier molecular flexibility index (Phi) is 1.98. The lowest BCUT2D eigenvalue weighted by Gasteiger charge is -2.35. The van der Waals surface area contributed by atoms with Crippen molar-refractivity contribution in [2.24, 2.45) is 0 Å². The molecule has 0 aliphatic heterocycles. The topological polar surface area (TPSA) is 47.6 Å². The largest absolute Gasteiger partial charge is 0.197 e. The van der Waals surface area contributed by atoms with Gasteiger partial charge < -0.3 is 0 Å². The predicted octanol–water partition coefficient (Wildman–Crippen LogP) is 2.50. The van der Waals surface area contributed by atoms with Gasteiger partial charge in [-0.15, -0.1) is 0 Å². The lowest BCUT2D eigenvalue weighted by atomic mass is 9.65. The molecule has 0 amide bonds. The van der Waals surface area contributed by atoms with E-state index in [9.17, 15) is 0 Å². The molecule has 0 unspecified atom stereocenters. The van der Waals surface area contributed by atoms with Crippen molar-refractivity contribution in [1.82, 2.24) is 0 Å². The summed E-state index contributed by atoms with van der Waals surface area (Å²) in [4.78, 5) is 0. The quantitative estimate of drug-likeness (QED) is 0.669. The lowest BCUT2D eigenvalue weighted by molar-refractivity contribution is 0.324. The van der Waals surface area contributed by atoms with E-state index >= 15 is 0 Å². The van der Waals surface area contributed by atoms with E-state index in [0.717, 1.165) is 24.8 Å². The molecule has 2 rings (SSSR count). The summed E-state index contributed by atoms with van der Waals surface area (Å²) >= 11 is 0. The molecule has 2 nitrogen and oxygen atoms in total. The molecule has 1 fully saturated rings. The molecule has 14 heavy (non-hydrogen) atoms. The Hall–Kier alpha value is -1.80. The lowest BCUT2D eigenvalue weighted by Crippen LogP contribution is -2.32. The molecule has 1 aromatic carbocycles. The summed E-state index contributed by atoms with van der Waals surface area (Å²) in [6, 6.07) is 11.8. The second-order valence-corrected chi connectivity index (χ2v) is 3.74. The van der Waals surface area contributed by atoms with Crippen molar-refractivity contribution in [2.45, 2.75) is 24.7 Å². The van der Waals surface area contributed by atoms with Gasteiger partial charge in [0.1, 0.15) is 0 Å². The van der Waals surface area contributed by atoms with Crippen LogP contribution in [0.5, 0.6) is 0 Å². The molecule has 0 atom stereocenters. The molecule has 2 heteroatoms. The van der Waals surface area contributed by atoms with E-state index in [2.05, 4.69) is 12.1 Å². The van der Waals surface area contributed by atoms with Gasteiger partial charge in [0.25, 0.3) is 0 Å². The van der Waals surface area contributed by atoms with Gasteiger partial charge in [-0.25, -0.2) is 0 Å². The maximum Gasteiger partial charge on any atom is 0.0991 e. The third-order valence-corrected chi connectivity index (χ3v) is 2.99. The number of benzene rings is 1. The van der Waals surface area contributed by atoms with Crippen LogP contribution in [0.1, 0.15) is 30.4 Å². The Bertz CT molecular complexity index is 413. The van der Waals surface area contributed by atoms with Gasteiger partial charge in [-0.2, -0.15) is 10.5 Å². The van der Waals surface area contributed by atoms with Crippen LogP contribution < -0.4 is 0 Å². The van der Waals surface area contributed by atoms with E-state index in [1.807, 2.05) is 12.1 Å². The second-order valence-electron chi connectivity index (χ2n) is 3.74. The highest BCUT2D eigenvalue weighted by Gasteiger charge is 2.38. The minimum absolute atomic E-state index is 0.256. The molecule has 0 N–H and O–H groups in total. The first-order valence-corrected chi connectivity index (χ1v) is 4.73. The fraction of sp³-hybridized carbons (Fsp3) is 0.333. The van der Waals surface area contributed by atoms with E-state index in [4.69, 9.17) is 10.5 Å². The summed E-state index contributed by atoms with van der Waals surface area (Å²) in [5.74, 6) is 0. The maximum absolute atomic E-state index is 9.10. The third kappa shape index (κ3) is 1.17. The van der Waals surface area contributed by atoms with Crippen LogP contribution in [0, 0.1) is 22.7 Å². The number of hydrogen-bond donors (Lipinski definition) is 0. The van der Waals surface area contributed by atoms with Crippen molar-refractivity contribution in [3.05, 3.63) is 35.4 Å². The van der Waals surface area contributed by atoms with Gasteiger partial charge in [0.05, 0.1) is 23.1 Å². The smallest absolute Gasteiger partial charge is 0.0991 e. The summed E-state index contributed by atoms with van der Waals surface area (Å²) in [7, 11) is 0. The van der Waals surface area contributed by atoms with Crippen LogP contribution in [-0.4, -0.2) is 0 Å². The van der Waals surface area contributed by atoms with Gasteiger partial charge in [0.2, 0.25) is 0 Å². The number of hydrogen-bond acceptors (Lipinski definition) is 2. The molecule has 0 bridgehead atoms. The van der Waals surface area contributed by atoms with Crippen LogP contribution in [-0.2, 0) is 5.41 Å². The fourth-order valence-electron chi connectivity index (χ4n) is 1.86. The molecule has 0 saturated heterocycles. The van der Waals surface area contributed by atoms with Crippen molar-refractivity contribution < 1.29 is 0 Å². The molecule has 1 aliphatic rings. The van der Waals surface area contributed by atoms with Gasteiger partial charge in [-0.1, -0.05) is 12.1 Å². The highest BCUT2D eigenvalue weighted by atomic mass is 14.4. The van der Waals surface area contributed by atoms with Crippen LogP contribution in [0.2, 0.25) is 0 Å². The predicted molar refractivity (Wildman–Crippen MR) is 52.3 cm³/mol. The first kappa shape index (κ1) is 8.78. The molecule has 1 aromatic rings. The maximum atomic E-state index is 9.10. The van der Waals surface area contributed by atoms with E-state index < -0.39 is 0 Å². The molecular weight excluding hydrogens is 172 g/mol. The Balaban J connectivity index is 2.35. The average molecular weight is 182 g/mol.